The molecule has 6 rings (SSSR count). The summed E-state index contributed by atoms with van der Waals surface area (Å²) in [6.07, 6.45) is 13.1. The highest BCUT2D eigenvalue weighted by Crippen LogP contribution is 2.58. The van der Waals surface area contributed by atoms with E-state index in [1.807, 2.05) is 6.92 Å². The average molecular weight is 665 g/mol. The van der Waals surface area contributed by atoms with Crippen LogP contribution in [0.15, 0.2) is 60.7 Å². The molecule has 3 aliphatic carbocycles. The first kappa shape index (κ1) is 34.2. The number of halogens is 3. The van der Waals surface area contributed by atoms with Crippen molar-refractivity contribution in [1.82, 2.24) is 0 Å². The van der Waals surface area contributed by atoms with Crippen LogP contribution >= 0.6 is 15.8 Å². The van der Waals surface area contributed by atoms with E-state index in [1.54, 1.807) is 10.9 Å². The van der Waals surface area contributed by atoms with Gasteiger partial charge in [-0.1, -0.05) is 119 Å². The normalized spacial score (nSPS) is 23.1. The molecular formula is C41H53F3P2. The molecule has 0 saturated heterocycles. The van der Waals surface area contributed by atoms with Crippen molar-refractivity contribution in [3.05, 3.63) is 88.5 Å². The van der Waals surface area contributed by atoms with Crippen LogP contribution in [0.25, 0.3) is 0 Å². The predicted octanol–water partition coefficient (Wildman–Crippen LogP) is 11.8. The van der Waals surface area contributed by atoms with E-state index in [4.69, 9.17) is 0 Å². The number of alkyl halides is 3. The first-order valence-electron chi connectivity index (χ1n) is 18.0. The van der Waals surface area contributed by atoms with Crippen molar-refractivity contribution < 1.29 is 13.2 Å². The molecule has 0 heterocycles. The van der Waals surface area contributed by atoms with Crippen LogP contribution in [-0.2, 0) is 6.18 Å². The number of hydrogen-bond acceptors (Lipinski definition) is 0. The summed E-state index contributed by atoms with van der Waals surface area (Å²) in [5.74, 6) is 0.934. The Labute approximate surface area is 278 Å². The highest BCUT2D eigenvalue weighted by molar-refractivity contribution is 7.73. The Morgan fingerprint density at radius 1 is 0.630 bits per heavy atom. The maximum atomic E-state index is 14.2. The van der Waals surface area contributed by atoms with Gasteiger partial charge < -0.3 is 0 Å². The SMILES string of the molecule is Cc1cc(C)cc(P(c2cc(C)cc(C(F)(F)F)c2)[C@@H](C)C2CCCC2c2ccccc2P(C2CCCCC2)C2CCCCC2)c1. The molecule has 0 aromatic heterocycles. The number of rotatable bonds is 8. The first-order chi connectivity index (χ1) is 22.1. The zero-order valence-electron chi connectivity index (χ0n) is 28.4. The second-order valence-electron chi connectivity index (χ2n) is 14.8. The predicted molar refractivity (Wildman–Crippen MR) is 195 cm³/mol. The standard InChI is InChI=1S/C41H53F3P2/c1-28-22-29(2)25-35(24-28)45(36-26-30(3)23-32(27-36)41(42,43)44)31(4)37-19-13-20-38(37)39-18-11-12-21-40(39)46(33-14-7-5-8-15-33)34-16-9-6-10-17-34/h11-12,18,21-27,31,33-34,37-38H,5-10,13-17,19-20H2,1-4H3/t31-,37?,38?,45?/m0/s1. The van der Waals surface area contributed by atoms with Crippen LogP contribution in [0.3, 0.4) is 0 Å². The summed E-state index contributed by atoms with van der Waals surface area (Å²) in [6.45, 7) is 8.46. The average Bonchev–Trinajstić information content (AvgIpc) is 3.52. The van der Waals surface area contributed by atoms with Crippen LogP contribution in [0.4, 0.5) is 13.2 Å². The summed E-state index contributed by atoms with van der Waals surface area (Å²) in [5.41, 5.74) is 6.16. The lowest BCUT2D eigenvalue weighted by atomic mass is 9.87. The smallest absolute Gasteiger partial charge is 0.166 e. The minimum Gasteiger partial charge on any atom is -0.166 e. The van der Waals surface area contributed by atoms with E-state index < -0.39 is 19.7 Å². The molecule has 0 bridgehead atoms. The van der Waals surface area contributed by atoms with E-state index in [0.29, 0.717) is 17.4 Å². The molecule has 0 aliphatic heterocycles. The van der Waals surface area contributed by atoms with E-state index in [0.717, 1.165) is 23.0 Å². The van der Waals surface area contributed by atoms with Crippen molar-refractivity contribution in [2.24, 2.45) is 5.92 Å². The van der Waals surface area contributed by atoms with Crippen molar-refractivity contribution in [2.45, 2.75) is 140 Å². The molecule has 0 radical (unpaired) electrons. The topological polar surface area (TPSA) is 0 Å². The van der Waals surface area contributed by atoms with Gasteiger partial charge in [-0.3, -0.25) is 0 Å². The summed E-state index contributed by atoms with van der Waals surface area (Å²) in [6, 6.07) is 21.1. The van der Waals surface area contributed by atoms with Gasteiger partial charge in [0.25, 0.3) is 0 Å². The van der Waals surface area contributed by atoms with Crippen LogP contribution in [0.2, 0.25) is 0 Å². The van der Waals surface area contributed by atoms with E-state index in [1.165, 1.54) is 106 Å². The monoisotopic (exact) mass is 664 g/mol. The zero-order valence-corrected chi connectivity index (χ0v) is 30.2. The molecule has 4 atom stereocenters. The van der Waals surface area contributed by atoms with Crippen molar-refractivity contribution >= 4 is 31.8 Å². The van der Waals surface area contributed by atoms with Gasteiger partial charge in [0.15, 0.2) is 0 Å². The largest absolute Gasteiger partial charge is 0.416 e. The molecule has 5 heteroatoms. The van der Waals surface area contributed by atoms with Gasteiger partial charge in [0.2, 0.25) is 0 Å². The second-order valence-corrected chi connectivity index (χ2v) is 20.1. The van der Waals surface area contributed by atoms with Gasteiger partial charge >= 0.3 is 6.18 Å². The number of aryl methyl sites for hydroxylation is 3. The molecule has 3 saturated carbocycles. The van der Waals surface area contributed by atoms with Gasteiger partial charge in [0.05, 0.1) is 5.56 Å². The van der Waals surface area contributed by atoms with Crippen molar-refractivity contribution in [3.8, 4) is 0 Å². The molecule has 3 unspecified atom stereocenters. The maximum absolute atomic E-state index is 14.2. The molecule has 0 N–H and O–H groups in total. The van der Waals surface area contributed by atoms with Crippen LogP contribution in [0.5, 0.6) is 0 Å². The Morgan fingerprint density at radius 3 is 1.76 bits per heavy atom. The van der Waals surface area contributed by atoms with Gasteiger partial charge in [0.1, 0.15) is 0 Å². The molecule has 46 heavy (non-hydrogen) atoms. The second kappa shape index (κ2) is 14.8. The van der Waals surface area contributed by atoms with Gasteiger partial charge in [-0.05, 0) is 135 Å². The summed E-state index contributed by atoms with van der Waals surface area (Å²) >= 11 is 0. The van der Waals surface area contributed by atoms with Gasteiger partial charge in [-0.2, -0.15) is 13.2 Å². The first-order valence-corrected chi connectivity index (χ1v) is 20.9. The summed E-state index contributed by atoms with van der Waals surface area (Å²) in [4.78, 5) is 0. The molecule has 3 aliphatic rings. The molecule has 3 aromatic rings. The Kier molecular flexibility index (Phi) is 11.0. The summed E-state index contributed by atoms with van der Waals surface area (Å²) in [7, 11) is -1.22. The lowest BCUT2D eigenvalue weighted by Gasteiger charge is -2.41. The molecule has 3 fully saturated rings. The Balaban J connectivity index is 1.42. The third-order valence-electron chi connectivity index (χ3n) is 11.3. The van der Waals surface area contributed by atoms with Gasteiger partial charge in [0, 0.05) is 0 Å². The number of hydrogen-bond donors (Lipinski definition) is 0. The van der Waals surface area contributed by atoms with Crippen molar-refractivity contribution in [1.29, 1.82) is 0 Å². The minimum absolute atomic E-state index is 0.220. The zero-order chi connectivity index (χ0) is 32.4. The quantitative estimate of drug-likeness (QED) is 0.210. The molecule has 248 valence electrons. The fourth-order valence-electron chi connectivity index (χ4n) is 9.36. The number of benzene rings is 3. The van der Waals surface area contributed by atoms with Crippen LogP contribution in [0.1, 0.15) is 124 Å². The molecule has 0 amide bonds. The lowest BCUT2D eigenvalue weighted by Crippen LogP contribution is -2.32. The molecule has 3 aromatic carbocycles. The van der Waals surface area contributed by atoms with Crippen molar-refractivity contribution in [2.75, 3.05) is 0 Å². The fourth-order valence-corrected chi connectivity index (χ4v) is 16.7. The van der Waals surface area contributed by atoms with E-state index in [-0.39, 0.29) is 13.6 Å². The van der Waals surface area contributed by atoms with Gasteiger partial charge in [-0.15, -0.1) is 0 Å². The minimum atomic E-state index is -4.35. The Bertz CT molecular complexity index is 1430. The molecule has 0 nitrogen and oxygen atoms in total. The highest BCUT2D eigenvalue weighted by Gasteiger charge is 2.41. The maximum Gasteiger partial charge on any atom is 0.416 e. The van der Waals surface area contributed by atoms with Gasteiger partial charge in [-0.25, -0.2) is 0 Å². The van der Waals surface area contributed by atoms with E-state index >= 15 is 0 Å². The Morgan fingerprint density at radius 2 is 1.17 bits per heavy atom. The van der Waals surface area contributed by atoms with Crippen LogP contribution < -0.4 is 15.9 Å². The molecule has 0 spiro atoms. The Hall–Kier alpha value is -1.69. The van der Waals surface area contributed by atoms with E-state index in [2.05, 4.69) is 69.3 Å². The fraction of sp³-hybridized carbons (Fsp3) is 0.561. The third-order valence-corrected chi connectivity index (χ3v) is 17.7. The van der Waals surface area contributed by atoms with Crippen LogP contribution in [0, 0.1) is 26.7 Å². The highest BCUT2D eigenvalue weighted by atomic mass is 31.1. The van der Waals surface area contributed by atoms with E-state index in [9.17, 15) is 13.2 Å². The summed E-state index contributed by atoms with van der Waals surface area (Å²) < 4.78 is 42.5. The van der Waals surface area contributed by atoms with Crippen molar-refractivity contribution in [3.63, 3.8) is 0 Å². The third kappa shape index (κ3) is 7.62. The summed E-state index contributed by atoms with van der Waals surface area (Å²) in [5, 5.41) is 3.81. The lowest BCUT2D eigenvalue weighted by molar-refractivity contribution is -0.137. The van der Waals surface area contributed by atoms with Crippen LogP contribution in [-0.4, -0.2) is 17.0 Å². The molecular weight excluding hydrogens is 611 g/mol.